The van der Waals surface area contributed by atoms with Crippen molar-refractivity contribution >= 4 is 49.9 Å². The fourth-order valence-electron chi connectivity index (χ4n) is 2.35. The summed E-state index contributed by atoms with van der Waals surface area (Å²) in [5, 5.41) is 12.0. The summed E-state index contributed by atoms with van der Waals surface area (Å²) in [4.78, 5) is 12.4. The number of aromatic nitrogens is 2. The van der Waals surface area contributed by atoms with E-state index in [1.807, 2.05) is 12.1 Å². The van der Waals surface area contributed by atoms with E-state index in [1.54, 1.807) is 37.1 Å². The van der Waals surface area contributed by atoms with E-state index in [4.69, 9.17) is 4.74 Å². The van der Waals surface area contributed by atoms with Crippen molar-refractivity contribution in [3.8, 4) is 5.75 Å². The highest BCUT2D eigenvalue weighted by atomic mass is 79.9. The number of benzene rings is 2. The molecule has 0 bridgehead atoms. The van der Waals surface area contributed by atoms with Crippen LogP contribution in [0.5, 0.6) is 5.75 Å². The first-order valence-corrected chi connectivity index (χ1v) is 10.8. The highest BCUT2D eigenvalue weighted by Crippen LogP contribution is 2.29. The van der Waals surface area contributed by atoms with Crippen molar-refractivity contribution < 1.29 is 9.53 Å². The number of carbonyl (C=O) groups excluding carboxylic acids is 1. The number of hydrogen-bond donors (Lipinski definition) is 1. The number of ether oxygens (including phenoxy) is 1. The van der Waals surface area contributed by atoms with Crippen molar-refractivity contribution in [3.63, 3.8) is 0 Å². The van der Waals surface area contributed by atoms with Gasteiger partial charge in [0.2, 0.25) is 5.13 Å². The largest absolute Gasteiger partial charge is 0.496 e. The molecule has 0 amide bonds. The Morgan fingerprint density at radius 2 is 2.07 bits per heavy atom. The quantitative estimate of drug-likeness (QED) is 0.365. The Morgan fingerprint density at radius 1 is 1.26 bits per heavy atom. The highest BCUT2D eigenvalue weighted by Gasteiger charge is 2.11. The summed E-state index contributed by atoms with van der Waals surface area (Å²) in [6.07, 6.45) is 0. The molecule has 0 aliphatic heterocycles. The monoisotopic (exact) mass is 463 g/mol. The zero-order chi connectivity index (χ0) is 19.2. The first-order chi connectivity index (χ1) is 13.1. The van der Waals surface area contributed by atoms with E-state index >= 15 is 0 Å². The molecule has 8 heteroatoms. The van der Waals surface area contributed by atoms with Crippen molar-refractivity contribution in [3.05, 3.63) is 63.6 Å². The van der Waals surface area contributed by atoms with Crippen molar-refractivity contribution in [2.24, 2.45) is 0 Å². The van der Waals surface area contributed by atoms with Gasteiger partial charge in [0.15, 0.2) is 10.1 Å². The van der Waals surface area contributed by atoms with Crippen LogP contribution in [0.15, 0.2) is 51.3 Å². The third-order valence-corrected chi connectivity index (χ3v) is 6.58. The molecule has 1 aromatic heterocycles. The van der Waals surface area contributed by atoms with Crippen LogP contribution in [-0.4, -0.2) is 29.6 Å². The van der Waals surface area contributed by atoms with Gasteiger partial charge in [-0.05, 0) is 52.2 Å². The number of ketones is 1. The number of hydrogen-bond acceptors (Lipinski definition) is 7. The molecule has 2 aromatic carbocycles. The highest BCUT2D eigenvalue weighted by molar-refractivity contribution is 9.10. The number of thioether (sulfide) groups is 1. The summed E-state index contributed by atoms with van der Waals surface area (Å²) in [6.45, 7) is 2.27. The SMILES string of the molecule is COc1ccc(C(=O)CNc2nnc(SCc3ccccc3C)s2)cc1Br. The first-order valence-electron chi connectivity index (χ1n) is 8.18. The number of nitrogens with zero attached hydrogens (tertiary/aromatic N) is 2. The molecule has 0 unspecified atom stereocenters. The second kappa shape index (κ2) is 9.34. The van der Waals surface area contributed by atoms with Crippen LogP contribution in [0, 0.1) is 6.92 Å². The van der Waals surface area contributed by atoms with Crippen LogP contribution in [0.4, 0.5) is 5.13 Å². The number of nitrogens with one attached hydrogen (secondary N) is 1. The van der Waals surface area contributed by atoms with E-state index in [1.165, 1.54) is 22.5 Å². The van der Waals surface area contributed by atoms with E-state index in [0.717, 1.165) is 14.6 Å². The Kier molecular flexibility index (Phi) is 6.87. The molecule has 140 valence electrons. The second-order valence-corrected chi connectivity index (χ2v) is 8.77. The summed E-state index contributed by atoms with van der Waals surface area (Å²) in [5.41, 5.74) is 3.16. The van der Waals surface area contributed by atoms with Crippen LogP contribution >= 0.6 is 39.0 Å². The molecular formula is C19H18BrN3O2S2. The number of methoxy groups -OCH3 is 1. The smallest absolute Gasteiger partial charge is 0.206 e. The maximum atomic E-state index is 12.4. The van der Waals surface area contributed by atoms with Crippen molar-refractivity contribution in [1.82, 2.24) is 10.2 Å². The maximum absolute atomic E-state index is 12.4. The Balaban J connectivity index is 1.54. The Labute approximate surface area is 174 Å². The van der Waals surface area contributed by atoms with Gasteiger partial charge in [0, 0.05) is 11.3 Å². The Bertz CT molecular complexity index is 946. The van der Waals surface area contributed by atoms with E-state index in [2.05, 4.69) is 50.5 Å². The van der Waals surface area contributed by atoms with Crippen molar-refractivity contribution in [1.29, 1.82) is 0 Å². The fraction of sp³-hybridized carbons (Fsp3) is 0.211. The number of rotatable bonds is 8. The van der Waals surface area contributed by atoms with Crippen LogP contribution in [-0.2, 0) is 5.75 Å². The van der Waals surface area contributed by atoms with Gasteiger partial charge in [-0.3, -0.25) is 4.79 Å². The van der Waals surface area contributed by atoms with Gasteiger partial charge in [-0.25, -0.2) is 0 Å². The van der Waals surface area contributed by atoms with Gasteiger partial charge in [0.1, 0.15) is 5.75 Å². The van der Waals surface area contributed by atoms with E-state index in [0.29, 0.717) is 16.4 Å². The molecular weight excluding hydrogens is 446 g/mol. The van der Waals surface area contributed by atoms with Crippen LogP contribution in [0.3, 0.4) is 0 Å². The van der Waals surface area contributed by atoms with Crippen LogP contribution in [0.2, 0.25) is 0 Å². The van der Waals surface area contributed by atoms with E-state index < -0.39 is 0 Å². The molecule has 0 atom stereocenters. The lowest BCUT2D eigenvalue weighted by molar-refractivity contribution is 0.101. The lowest BCUT2D eigenvalue weighted by Gasteiger charge is -2.06. The van der Waals surface area contributed by atoms with Crippen molar-refractivity contribution in [2.75, 3.05) is 19.0 Å². The maximum Gasteiger partial charge on any atom is 0.206 e. The third-order valence-electron chi connectivity index (χ3n) is 3.89. The molecule has 1 heterocycles. The molecule has 0 fully saturated rings. The second-order valence-electron chi connectivity index (χ2n) is 5.71. The lowest BCUT2D eigenvalue weighted by Crippen LogP contribution is -2.13. The average molecular weight is 464 g/mol. The molecule has 0 radical (unpaired) electrons. The van der Waals surface area contributed by atoms with Gasteiger partial charge in [-0.2, -0.15) is 0 Å². The predicted octanol–water partition coefficient (Wildman–Crippen LogP) is 5.20. The normalized spacial score (nSPS) is 10.6. The molecule has 0 spiro atoms. The Morgan fingerprint density at radius 3 is 2.81 bits per heavy atom. The number of aryl methyl sites for hydroxylation is 1. The number of halogens is 1. The van der Waals surface area contributed by atoms with Gasteiger partial charge in [-0.15, -0.1) is 10.2 Å². The average Bonchev–Trinajstić information content (AvgIpc) is 3.13. The molecule has 3 aromatic rings. The molecule has 0 aliphatic carbocycles. The number of carbonyl (C=O) groups is 1. The van der Waals surface area contributed by atoms with Gasteiger partial charge in [-0.1, -0.05) is 47.4 Å². The van der Waals surface area contributed by atoms with E-state index in [-0.39, 0.29) is 12.3 Å². The van der Waals surface area contributed by atoms with Gasteiger partial charge < -0.3 is 10.1 Å². The Hall–Kier alpha value is -1.90. The topological polar surface area (TPSA) is 64.1 Å². The fourth-order valence-corrected chi connectivity index (χ4v) is 4.71. The molecule has 0 saturated carbocycles. The zero-order valence-electron chi connectivity index (χ0n) is 14.9. The summed E-state index contributed by atoms with van der Waals surface area (Å²) in [7, 11) is 1.59. The minimum Gasteiger partial charge on any atom is -0.496 e. The van der Waals surface area contributed by atoms with Gasteiger partial charge in [0.05, 0.1) is 18.1 Å². The summed E-state index contributed by atoms with van der Waals surface area (Å²) >= 11 is 6.49. The minimum atomic E-state index is -0.0253. The summed E-state index contributed by atoms with van der Waals surface area (Å²) in [5.74, 6) is 1.52. The van der Waals surface area contributed by atoms with Crippen LogP contribution in [0.25, 0.3) is 0 Å². The molecule has 0 aliphatic rings. The van der Waals surface area contributed by atoms with Gasteiger partial charge in [0.25, 0.3) is 0 Å². The minimum absolute atomic E-state index is 0.0253. The van der Waals surface area contributed by atoms with E-state index in [9.17, 15) is 4.79 Å². The molecule has 27 heavy (non-hydrogen) atoms. The third kappa shape index (κ3) is 5.31. The first kappa shape index (κ1) is 19.9. The van der Waals surface area contributed by atoms with Crippen LogP contribution in [0.1, 0.15) is 21.5 Å². The lowest BCUT2D eigenvalue weighted by atomic mass is 10.1. The summed E-state index contributed by atoms with van der Waals surface area (Å²) in [6, 6.07) is 13.6. The van der Waals surface area contributed by atoms with Crippen molar-refractivity contribution in [2.45, 2.75) is 17.0 Å². The van der Waals surface area contributed by atoms with Crippen LogP contribution < -0.4 is 10.1 Å². The molecule has 1 N–H and O–H groups in total. The molecule has 3 rings (SSSR count). The molecule has 0 saturated heterocycles. The number of anilines is 1. The predicted molar refractivity (Wildman–Crippen MR) is 114 cm³/mol. The number of Topliss-reactive ketones (excluding diaryl/α,β-unsaturated/α-hetero) is 1. The molecule has 5 nitrogen and oxygen atoms in total. The standard InChI is InChI=1S/C19H18BrN3O2S2/c1-12-5-3-4-6-14(12)11-26-19-23-22-18(27-19)21-10-16(24)13-7-8-17(25-2)15(20)9-13/h3-9H,10-11H2,1-2H3,(H,21,22). The van der Waals surface area contributed by atoms with Gasteiger partial charge >= 0.3 is 0 Å². The summed E-state index contributed by atoms with van der Waals surface area (Å²) < 4.78 is 6.81. The zero-order valence-corrected chi connectivity index (χ0v) is 18.1.